The molecule has 1 aliphatic heterocycles. The first-order chi connectivity index (χ1) is 7.25. The molecular formula is C11H15ClN2O. The highest BCUT2D eigenvalue weighted by Crippen LogP contribution is 2.23. The van der Waals surface area contributed by atoms with Crippen molar-refractivity contribution in [2.24, 2.45) is 0 Å². The smallest absolute Gasteiger partial charge is 0.232 e. The minimum absolute atomic E-state index is 0.230. The van der Waals surface area contributed by atoms with Crippen LogP contribution in [-0.2, 0) is 0 Å². The summed E-state index contributed by atoms with van der Waals surface area (Å²) in [5.41, 5.74) is 0. The third-order valence-corrected chi connectivity index (χ3v) is 2.87. The minimum Gasteiger partial charge on any atom is -0.473 e. The van der Waals surface area contributed by atoms with Gasteiger partial charge in [-0.15, -0.1) is 0 Å². The highest BCUT2D eigenvalue weighted by molar-refractivity contribution is 6.31. The second-order valence-corrected chi connectivity index (χ2v) is 4.32. The van der Waals surface area contributed by atoms with Gasteiger partial charge in [-0.1, -0.05) is 11.6 Å². The van der Waals surface area contributed by atoms with E-state index in [1.165, 1.54) is 0 Å². The third kappa shape index (κ3) is 2.83. The van der Waals surface area contributed by atoms with E-state index in [9.17, 15) is 0 Å². The fraction of sp³-hybridized carbons (Fsp3) is 0.545. The molecule has 82 valence electrons. The van der Waals surface area contributed by atoms with E-state index in [2.05, 4.69) is 17.2 Å². The maximum Gasteiger partial charge on any atom is 0.232 e. The van der Waals surface area contributed by atoms with Gasteiger partial charge in [-0.25, -0.2) is 4.98 Å². The number of halogens is 1. The van der Waals surface area contributed by atoms with Crippen LogP contribution in [0.5, 0.6) is 5.88 Å². The number of nitrogens with zero attached hydrogens (tertiary/aromatic N) is 1. The van der Waals surface area contributed by atoms with Crippen LogP contribution in [0.25, 0.3) is 0 Å². The van der Waals surface area contributed by atoms with E-state index in [1.54, 1.807) is 18.3 Å². The van der Waals surface area contributed by atoms with E-state index >= 15 is 0 Å². The van der Waals surface area contributed by atoms with Crippen LogP contribution in [0.15, 0.2) is 18.3 Å². The molecule has 0 aliphatic carbocycles. The lowest BCUT2D eigenvalue weighted by molar-refractivity contribution is 0.138. The van der Waals surface area contributed by atoms with Crippen molar-refractivity contribution in [2.75, 3.05) is 6.54 Å². The predicted molar refractivity (Wildman–Crippen MR) is 60.4 cm³/mol. The van der Waals surface area contributed by atoms with E-state index in [0.717, 1.165) is 19.4 Å². The number of ether oxygens (including phenoxy) is 1. The molecule has 1 fully saturated rings. The quantitative estimate of drug-likeness (QED) is 0.840. The van der Waals surface area contributed by atoms with Crippen LogP contribution in [0.4, 0.5) is 0 Å². The summed E-state index contributed by atoms with van der Waals surface area (Å²) in [6, 6.07) is 4.11. The number of aromatic nitrogens is 1. The molecule has 0 aromatic carbocycles. The average Bonchev–Trinajstić information content (AvgIpc) is 2.22. The Labute approximate surface area is 94.8 Å². The minimum atomic E-state index is 0.230. The van der Waals surface area contributed by atoms with Gasteiger partial charge in [0.1, 0.15) is 11.1 Å². The van der Waals surface area contributed by atoms with Crippen molar-refractivity contribution >= 4 is 11.6 Å². The molecule has 0 spiro atoms. The molecule has 15 heavy (non-hydrogen) atoms. The second kappa shape index (κ2) is 4.81. The van der Waals surface area contributed by atoms with Crippen LogP contribution < -0.4 is 10.1 Å². The van der Waals surface area contributed by atoms with Crippen molar-refractivity contribution in [1.29, 1.82) is 0 Å². The largest absolute Gasteiger partial charge is 0.473 e. The molecule has 4 heteroatoms. The monoisotopic (exact) mass is 226 g/mol. The molecule has 0 amide bonds. The van der Waals surface area contributed by atoms with E-state index < -0.39 is 0 Å². The van der Waals surface area contributed by atoms with E-state index in [1.807, 2.05) is 0 Å². The maximum atomic E-state index is 5.98. The molecule has 2 atom stereocenters. The Morgan fingerprint density at radius 1 is 1.60 bits per heavy atom. The highest BCUT2D eigenvalue weighted by Gasteiger charge is 2.20. The van der Waals surface area contributed by atoms with Gasteiger partial charge in [0.25, 0.3) is 0 Å². The highest BCUT2D eigenvalue weighted by atomic mass is 35.5. The lowest BCUT2D eigenvalue weighted by atomic mass is 10.0. The number of nitrogens with one attached hydrogen (secondary N) is 1. The summed E-state index contributed by atoms with van der Waals surface area (Å²) in [6.45, 7) is 3.16. The summed E-state index contributed by atoms with van der Waals surface area (Å²) in [5.74, 6) is 0.554. The molecule has 1 N–H and O–H groups in total. The zero-order chi connectivity index (χ0) is 10.7. The van der Waals surface area contributed by atoms with Gasteiger partial charge in [-0.2, -0.15) is 0 Å². The Kier molecular flexibility index (Phi) is 3.44. The summed E-state index contributed by atoms with van der Waals surface area (Å²) in [4.78, 5) is 4.12. The SMILES string of the molecule is CC1CC(Oc2ncccc2Cl)CCN1. The number of hydrogen-bond donors (Lipinski definition) is 1. The Morgan fingerprint density at radius 3 is 3.20 bits per heavy atom. The van der Waals surface area contributed by atoms with Crippen LogP contribution in [0.1, 0.15) is 19.8 Å². The van der Waals surface area contributed by atoms with Crippen LogP contribution in [0.2, 0.25) is 5.02 Å². The second-order valence-electron chi connectivity index (χ2n) is 3.91. The number of pyridine rings is 1. The first kappa shape index (κ1) is 10.7. The number of hydrogen-bond acceptors (Lipinski definition) is 3. The van der Waals surface area contributed by atoms with Crippen molar-refractivity contribution in [3.63, 3.8) is 0 Å². The normalized spacial score (nSPS) is 26.3. The van der Waals surface area contributed by atoms with Crippen molar-refractivity contribution in [3.05, 3.63) is 23.4 Å². The molecule has 3 nitrogen and oxygen atoms in total. The van der Waals surface area contributed by atoms with Gasteiger partial charge in [0, 0.05) is 12.2 Å². The molecule has 1 saturated heterocycles. The summed E-state index contributed by atoms with van der Waals surface area (Å²) in [7, 11) is 0. The van der Waals surface area contributed by atoms with Gasteiger partial charge in [0.2, 0.25) is 5.88 Å². The summed E-state index contributed by atoms with van der Waals surface area (Å²) < 4.78 is 5.77. The van der Waals surface area contributed by atoms with Gasteiger partial charge in [0.15, 0.2) is 0 Å². The lowest BCUT2D eigenvalue weighted by Gasteiger charge is -2.28. The number of rotatable bonds is 2. The van der Waals surface area contributed by atoms with Crippen molar-refractivity contribution < 1.29 is 4.74 Å². The van der Waals surface area contributed by atoms with Crippen molar-refractivity contribution in [2.45, 2.75) is 31.9 Å². The molecule has 0 saturated carbocycles. The predicted octanol–water partition coefficient (Wildman–Crippen LogP) is 2.25. The standard InChI is InChI=1S/C11H15ClN2O/c1-8-7-9(4-6-13-8)15-11-10(12)3-2-5-14-11/h2-3,5,8-9,13H,4,6-7H2,1H3. The zero-order valence-electron chi connectivity index (χ0n) is 8.74. The van der Waals surface area contributed by atoms with Crippen molar-refractivity contribution in [1.82, 2.24) is 10.3 Å². The van der Waals surface area contributed by atoms with Gasteiger partial charge in [-0.3, -0.25) is 0 Å². The van der Waals surface area contributed by atoms with Gasteiger partial charge < -0.3 is 10.1 Å². The lowest BCUT2D eigenvalue weighted by Crippen LogP contribution is -2.40. The first-order valence-corrected chi connectivity index (χ1v) is 5.64. The fourth-order valence-electron chi connectivity index (χ4n) is 1.81. The molecule has 1 aromatic heterocycles. The summed E-state index contributed by atoms with van der Waals surface area (Å²) >= 11 is 5.98. The molecule has 2 heterocycles. The molecular weight excluding hydrogens is 212 g/mol. The van der Waals surface area contributed by atoms with Crippen LogP contribution in [0, 0.1) is 0 Å². The average molecular weight is 227 g/mol. The fourth-order valence-corrected chi connectivity index (χ4v) is 1.98. The Morgan fingerprint density at radius 2 is 2.47 bits per heavy atom. The summed E-state index contributed by atoms with van der Waals surface area (Å²) in [6.07, 6.45) is 3.95. The van der Waals surface area contributed by atoms with Gasteiger partial charge in [-0.05, 0) is 38.4 Å². The van der Waals surface area contributed by atoms with Gasteiger partial charge in [0.05, 0.1) is 0 Å². The maximum absolute atomic E-state index is 5.98. The Bertz CT molecular complexity index is 332. The van der Waals surface area contributed by atoms with E-state index in [0.29, 0.717) is 16.9 Å². The summed E-state index contributed by atoms with van der Waals surface area (Å²) in [5, 5.41) is 3.97. The first-order valence-electron chi connectivity index (χ1n) is 5.26. The van der Waals surface area contributed by atoms with Crippen LogP contribution in [-0.4, -0.2) is 23.7 Å². The molecule has 2 unspecified atom stereocenters. The molecule has 0 radical (unpaired) electrons. The topological polar surface area (TPSA) is 34.1 Å². The zero-order valence-corrected chi connectivity index (χ0v) is 9.50. The number of piperidine rings is 1. The molecule has 0 bridgehead atoms. The van der Waals surface area contributed by atoms with E-state index in [-0.39, 0.29) is 6.10 Å². The van der Waals surface area contributed by atoms with Gasteiger partial charge >= 0.3 is 0 Å². The Balaban J connectivity index is 1.99. The molecule has 1 aliphatic rings. The third-order valence-electron chi connectivity index (χ3n) is 2.58. The van der Waals surface area contributed by atoms with Crippen LogP contribution >= 0.6 is 11.6 Å². The Hall–Kier alpha value is -0.800. The van der Waals surface area contributed by atoms with E-state index in [4.69, 9.17) is 16.3 Å². The molecule has 1 aromatic rings. The molecule has 2 rings (SSSR count). The van der Waals surface area contributed by atoms with Crippen molar-refractivity contribution in [3.8, 4) is 5.88 Å². The van der Waals surface area contributed by atoms with Crippen LogP contribution in [0.3, 0.4) is 0 Å².